The molecule has 0 amide bonds. The molecule has 3 rings (SSSR count). The topological polar surface area (TPSA) is 12.9 Å². The third kappa shape index (κ3) is 3.23. The molecule has 6 heteroatoms. The third-order valence-electron chi connectivity index (χ3n) is 3.08. The molecular formula is C16H9BrF3NS. The Kier molecular flexibility index (Phi) is 4.06. The molecule has 1 heterocycles. The highest BCUT2D eigenvalue weighted by atomic mass is 79.9. The number of hydrogen-bond acceptors (Lipinski definition) is 2. The van der Waals surface area contributed by atoms with Gasteiger partial charge < -0.3 is 0 Å². The summed E-state index contributed by atoms with van der Waals surface area (Å²) in [6, 6.07) is 12.9. The van der Waals surface area contributed by atoms with E-state index in [-0.39, 0.29) is 0 Å². The lowest BCUT2D eigenvalue weighted by molar-refractivity contribution is -0.137. The minimum atomic E-state index is -4.35. The molecule has 0 saturated heterocycles. The standard InChI is InChI=1S/C16H9BrF3NS/c17-13-6-4-10(5-7-13)14-9-22-15(21-14)11-2-1-3-12(8-11)16(18,19)20/h1-9H. The van der Waals surface area contributed by atoms with Crippen LogP contribution in [0.2, 0.25) is 0 Å². The zero-order valence-corrected chi connectivity index (χ0v) is 13.5. The van der Waals surface area contributed by atoms with E-state index in [2.05, 4.69) is 20.9 Å². The molecule has 0 spiro atoms. The van der Waals surface area contributed by atoms with Crippen LogP contribution in [-0.2, 0) is 6.18 Å². The maximum Gasteiger partial charge on any atom is 0.416 e. The van der Waals surface area contributed by atoms with Crippen molar-refractivity contribution in [1.29, 1.82) is 0 Å². The molecule has 112 valence electrons. The average Bonchev–Trinajstić information content (AvgIpc) is 2.97. The van der Waals surface area contributed by atoms with Crippen LogP contribution < -0.4 is 0 Å². The molecule has 0 radical (unpaired) electrons. The molecule has 0 aliphatic heterocycles. The predicted octanol–water partition coefficient (Wildman–Crippen LogP) is 6.26. The summed E-state index contributed by atoms with van der Waals surface area (Å²) in [4.78, 5) is 4.44. The van der Waals surface area contributed by atoms with Crippen molar-refractivity contribution < 1.29 is 13.2 Å². The van der Waals surface area contributed by atoms with Crippen molar-refractivity contribution in [3.8, 4) is 21.8 Å². The summed E-state index contributed by atoms with van der Waals surface area (Å²) < 4.78 is 39.3. The fourth-order valence-electron chi connectivity index (χ4n) is 1.99. The van der Waals surface area contributed by atoms with Crippen molar-refractivity contribution in [3.63, 3.8) is 0 Å². The first-order chi connectivity index (χ1) is 10.4. The van der Waals surface area contributed by atoms with Gasteiger partial charge in [0.2, 0.25) is 0 Å². The van der Waals surface area contributed by atoms with Crippen LogP contribution in [0.25, 0.3) is 21.8 Å². The summed E-state index contributed by atoms with van der Waals surface area (Å²) in [6.45, 7) is 0. The summed E-state index contributed by atoms with van der Waals surface area (Å²) in [5.74, 6) is 0. The Balaban J connectivity index is 1.96. The number of benzene rings is 2. The van der Waals surface area contributed by atoms with Crippen LogP contribution in [0.15, 0.2) is 58.4 Å². The molecule has 22 heavy (non-hydrogen) atoms. The SMILES string of the molecule is FC(F)(F)c1cccc(-c2nc(-c3ccc(Br)cc3)cs2)c1. The molecule has 0 aliphatic carbocycles. The lowest BCUT2D eigenvalue weighted by Gasteiger charge is -2.07. The smallest absolute Gasteiger partial charge is 0.236 e. The van der Waals surface area contributed by atoms with Crippen molar-refractivity contribution in [1.82, 2.24) is 4.98 Å². The molecule has 0 unspecified atom stereocenters. The van der Waals surface area contributed by atoms with Gasteiger partial charge >= 0.3 is 6.18 Å². The van der Waals surface area contributed by atoms with Gasteiger partial charge in [-0.2, -0.15) is 13.2 Å². The molecular weight excluding hydrogens is 375 g/mol. The summed E-state index contributed by atoms with van der Waals surface area (Å²) in [7, 11) is 0. The Hall–Kier alpha value is -1.66. The zero-order valence-electron chi connectivity index (χ0n) is 11.1. The molecule has 0 atom stereocenters. The van der Waals surface area contributed by atoms with E-state index in [1.807, 2.05) is 29.6 Å². The summed E-state index contributed by atoms with van der Waals surface area (Å²) in [5, 5.41) is 2.42. The van der Waals surface area contributed by atoms with Crippen LogP contribution in [0.5, 0.6) is 0 Å². The Morgan fingerprint density at radius 1 is 0.955 bits per heavy atom. The summed E-state index contributed by atoms with van der Waals surface area (Å²) >= 11 is 4.69. The van der Waals surface area contributed by atoms with E-state index in [9.17, 15) is 13.2 Å². The van der Waals surface area contributed by atoms with E-state index in [0.717, 1.165) is 27.9 Å². The maximum atomic E-state index is 12.8. The Bertz CT molecular complexity index is 794. The summed E-state index contributed by atoms with van der Waals surface area (Å²) in [5.41, 5.74) is 1.50. The van der Waals surface area contributed by atoms with Crippen LogP contribution >= 0.6 is 27.3 Å². The van der Waals surface area contributed by atoms with E-state index in [1.54, 1.807) is 6.07 Å². The third-order valence-corrected chi connectivity index (χ3v) is 4.50. The van der Waals surface area contributed by atoms with Gasteiger partial charge in [-0.1, -0.05) is 40.2 Å². The van der Waals surface area contributed by atoms with Crippen molar-refractivity contribution in [2.75, 3.05) is 0 Å². The monoisotopic (exact) mass is 383 g/mol. The average molecular weight is 384 g/mol. The van der Waals surface area contributed by atoms with Crippen LogP contribution in [0, 0.1) is 0 Å². The number of alkyl halides is 3. The fraction of sp³-hybridized carbons (Fsp3) is 0.0625. The fourth-order valence-corrected chi connectivity index (χ4v) is 3.08. The first-order valence-corrected chi connectivity index (χ1v) is 8.00. The molecule has 3 aromatic rings. The molecule has 1 nitrogen and oxygen atoms in total. The van der Waals surface area contributed by atoms with E-state index >= 15 is 0 Å². The van der Waals surface area contributed by atoms with E-state index in [4.69, 9.17) is 0 Å². The number of halogens is 4. The number of thiazole rings is 1. The molecule has 0 aliphatic rings. The van der Waals surface area contributed by atoms with Crippen molar-refractivity contribution in [2.24, 2.45) is 0 Å². The Labute approximate surface area is 137 Å². The second-order valence-electron chi connectivity index (χ2n) is 4.62. The molecule has 0 fully saturated rings. The van der Waals surface area contributed by atoms with E-state index < -0.39 is 11.7 Å². The van der Waals surface area contributed by atoms with E-state index in [0.29, 0.717) is 10.6 Å². The predicted molar refractivity (Wildman–Crippen MR) is 85.7 cm³/mol. The minimum absolute atomic E-state index is 0.475. The van der Waals surface area contributed by atoms with Gasteiger partial charge in [-0.05, 0) is 24.3 Å². The van der Waals surface area contributed by atoms with Gasteiger partial charge in [0.25, 0.3) is 0 Å². The number of aromatic nitrogens is 1. The zero-order chi connectivity index (χ0) is 15.7. The van der Waals surface area contributed by atoms with Crippen LogP contribution in [-0.4, -0.2) is 4.98 Å². The van der Waals surface area contributed by atoms with Crippen LogP contribution in [0.1, 0.15) is 5.56 Å². The lowest BCUT2D eigenvalue weighted by Crippen LogP contribution is -2.04. The van der Waals surface area contributed by atoms with Gasteiger partial charge in [0.1, 0.15) is 5.01 Å². The van der Waals surface area contributed by atoms with Gasteiger partial charge in [0.15, 0.2) is 0 Å². The minimum Gasteiger partial charge on any atom is -0.236 e. The Morgan fingerprint density at radius 2 is 1.68 bits per heavy atom. The molecule has 0 bridgehead atoms. The maximum absolute atomic E-state index is 12.8. The quantitative estimate of drug-likeness (QED) is 0.508. The van der Waals surface area contributed by atoms with E-state index in [1.165, 1.54) is 17.4 Å². The van der Waals surface area contributed by atoms with Crippen molar-refractivity contribution in [3.05, 3.63) is 63.9 Å². The normalized spacial score (nSPS) is 11.6. The van der Waals surface area contributed by atoms with Crippen molar-refractivity contribution in [2.45, 2.75) is 6.18 Å². The Morgan fingerprint density at radius 3 is 2.36 bits per heavy atom. The van der Waals surface area contributed by atoms with Gasteiger partial charge in [0, 0.05) is 21.0 Å². The second kappa shape index (κ2) is 5.85. The molecule has 0 N–H and O–H groups in total. The number of nitrogens with zero attached hydrogens (tertiary/aromatic N) is 1. The second-order valence-corrected chi connectivity index (χ2v) is 6.40. The first-order valence-electron chi connectivity index (χ1n) is 6.32. The van der Waals surface area contributed by atoms with Crippen LogP contribution in [0.4, 0.5) is 13.2 Å². The highest BCUT2D eigenvalue weighted by Crippen LogP contribution is 2.34. The summed E-state index contributed by atoms with van der Waals surface area (Å²) in [6.07, 6.45) is -4.35. The number of hydrogen-bond donors (Lipinski definition) is 0. The lowest BCUT2D eigenvalue weighted by atomic mass is 10.1. The van der Waals surface area contributed by atoms with Gasteiger partial charge in [-0.3, -0.25) is 0 Å². The molecule has 1 aromatic heterocycles. The number of rotatable bonds is 2. The van der Waals surface area contributed by atoms with Crippen molar-refractivity contribution >= 4 is 27.3 Å². The first kappa shape index (κ1) is 15.2. The van der Waals surface area contributed by atoms with Gasteiger partial charge in [0.05, 0.1) is 11.3 Å². The largest absolute Gasteiger partial charge is 0.416 e. The van der Waals surface area contributed by atoms with Gasteiger partial charge in [-0.15, -0.1) is 11.3 Å². The molecule has 0 saturated carbocycles. The molecule has 2 aromatic carbocycles. The highest BCUT2D eigenvalue weighted by molar-refractivity contribution is 9.10. The van der Waals surface area contributed by atoms with Crippen LogP contribution in [0.3, 0.4) is 0 Å². The highest BCUT2D eigenvalue weighted by Gasteiger charge is 2.30. The van der Waals surface area contributed by atoms with Gasteiger partial charge in [-0.25, -0.2) is 4.98 Å².